The lowest BCUT2D eigenvalue weighted by molar-refractivity contribution is 0.306. The molecule has 0 fully saturated rings. The molecule has 0 radical (unpaired) electrons. The van der Waals surface area contributed by atoms with Gasteiger partial charge in [-0.05, 0) is 36.8 Å². The maximum Gasteiger partial charge on any atom is 0.120 e. The Hall–Kier alpha value is -2.46. The zero-order chi connectivity index (χ0) is 18.7. The maximum atomic E-state index is 5.75. The van der Waals surface area contributed by atoms with Crippen molar-refractivity contribution < 1.29 is 4.74 Å². The molecule has 0 aliphatic rings. The molecule has 2 aromatic carbocycles. The van der Waals surface area contributed by atoms with Gasteiger partial charge in [-0.15, -0.1) is 0 Å². The summed E-state index contributed by atoms with van der Waals surface area (Å²) in [5.74, 6) is 1.52. The number of aromatic amines is 1. The first-order valence-electron chi connectivity index (χ1n) is 8.22. The molecular formula is C20H26ClN3O. The quantitative estimate of drug-likeness (QED) is 0.595. The lowest BCUT2D eigenvalue weighted by atomic mass is 10.2. The minimum atomic E-state index is 0.576. The Labute approximate surface area is 154 Å². The fraction of sp³-hybridized carbons (Fsp3) is 0.250. The average molecular weight is 360 g/mol. The van der Waals surface area contributed by atoms with Crippen molar-refractivity contribution in [3.8, 4) is 5.75 Å². The van der Waals surface area contributed by atoms with E-state index in [2.05, 4.69) is 9.98 Å². The van der Waals surface area contributed by atoms with E-state index in [1.54, 1.807) is 14.0 Å². The van der Waals surface area contributed by atoms with E-state index in [1.807, 2.05) is 68.4 Å². The fourth-order valence-electron chi connectivity index (χ4n) is 1.96. The summed E-state index contributed by atoms with van der Waals surface area (Å²) in [5.41, 5.74) is 7.90. The molecule has 4 nitrogen and oxygen atoms in total. The Kier molecular flexibility index (Phi) is 9.19. The number of ether oxygens (including phenoxy) is 1. The van der Waals surface area contributed by atoms with Crippen molar-refractivity contribution in [2.24, 2.45) is 4.99 Å². The molecule has 0 aliphatic heterocycles. The number of H-pyrrole nitrogens is 1. The normalized spacial score (nSPS) is 10.4. The first-order chi connectivity index (χ1) is 12.1. The standard InChI is InChI=1S/C15H14N2O.C3H6ClN.C2H6/c16-15-9-12-8-13(6-7-14(12)17-15)18-10-11-4-2-1-3-5-11;1-3(4)5-2;1-2/h1-9,17H,10,16H2;1-2H3;1-2H3. The number of aliphatic imine (C=N–C) groups is 1. The summed E-state index contributed by atoms with van der Waals surface area (Å²) in [4.78, 5) is 6.65. The van der Waals surface area contributed by atoms with E-state index in [0.717, 1.165) is 22.2 Å². The second kappa shape index (κ2) is 11.2. The number of aromatic nitrogens is 1. The number of nitrogens with zero attached hydrogens (tertiary/aromatic N) is 1. The number of fused-ring (bicyclic) bond motifs is 1. The van der Waals surface area contributed by atoms with E-state index in [1.165, 1.54) is 0 Å². The highest BCUT2D eigenvalue weighted by Crippen LogP contribution is 2.23. The molecule has 134 valence electrons. The molecule has 3 N–H and O–H groups in total. The van der Waals surface area contributed by atoms with Crippen LogP contribution in [0.2, 0.25) is 0 Å². The van der Waals surface area contributed by atoms with Gasteiger partial charge in [0.1, 0.15) is 18.2 Å². The molecule has 1 heterocycles. The number of halogens is 1. The zero-order valence-corrected chi connectivity index (χ0v) is 16.0. The van der Waals surface area contributed by atoms with Gasteiger partial charge in [-0.25, -0.2) is 0 Å². The van der Waals surface area contributed by atoms with Gasteiger partial charge in [0.15, 0.2) is 0 Å². The summed E-state index contributed by atoms with van der Waals surface area (Å²) in [6.45, 7) is 6.31. The summed E-state index contributed by atoms with van der Waals surface area (Å²) in [7, 11) is 1.66. The van der Waals surface area contributed by atoms with Crippen LogP contribution in [-0.4, -0.2) is 17.2 Å². The van der Waals surface area contributed by atoms with Gasteiger partial charge in [0.2, 0.25) is 0 Å². The van der Waals surface area contributed by atoms with Crippen molar-refractivity contribution in [2.45, 2.75) is 27.4 Å². The van der Waals surface area contributed by atoms with Crippen LogP contribution in [0, 0.1) is 0 Å². The van der Waals surface area contributed by atoms with Crippen molar-refractivity contribution in [3.05, 3.63) is 60.2 Å². The SMILES string of the molecule is CC.CN=C(C)Cl.Nc1cc2cc(OCc3ccccc3)ccc2[nH]1. The number of nitrogens with two attached hydrogens (primary N) is 1. The summed E-state index contributed by atoms with van der Waals surface area (Å²) in [6.07, 6.45) is 0. The number of nitrogens with one attached hydrogen (secondary N) is 1. The number of rotatable bonds is 3. The van der Waals surface area contributed by atoms with Gasteiger partial charge in [0, 0.05) is 18.0 Å². The van der Waals surface area contributed by atoms with Gasteiger partial charge in [0.25, 0.3) is 0 Å². The molecule has 0 saturated heterocycles. The third kappa shape index (κ3) is 7.31. The van der Waals surface area contributed by atoms with Crippen molar-refractivity contribution in [2.75, 3.05) is 12.8 Å². The fourth-order valence-corrected chi connectivity index (χ4v) is 1.96. The second-order valence-corrected chi connectivity index (χ2v) is 5.52. The first-order valence-corrected chi connectivity index (χ1v) is 8.60. The molecule has 0 saturated carbocycles. The monoisotopic (exact) mass is 359 g/mol. The number of hydrogen-bond donors (Lipinski definition) is 2. The molecule has 1 aromatic heterocycles. The largest absolute Gasteiger partial charge is 0.489 e. The molecule has 0 bridgehead atoms. The van der Waals surface area contributed by atoms with E-state index >= 15 is 0 Å². The maximum absolute atomic E-state index is 5.75. The van der Waals surface area contributed by atoms with Gasteiger partial charge in [-0.3, -0.25) is 4.99 Å². The smallest absolute Gasteiger partial charge is 0.120 e. The third-order valence-electron chi connectivity index (χ3n) is 3.17. The Balaban J connectivity index is 0.000000388. The Morgan fingerprint density at radius 1 is 1.12 bits per heavy atom. The number of nitrogen functional groups attached to an aromatic ring is 1. The molecular weight excluding hydrogens is 334 g/mol. The predicted octanol–water partition coefficient (Wildman–Crippen LogP) is 5.63. The van der Waals surface area contributed by atoms with Crippen molar-refractivity contribution >= 4 is 33.5 Å². The van der Waals surface area contributed by atoms with E-state index < -0.39 is 0 Å². The van der Waals surface area contributed by atoms with Gasteiger partial charge in [-0.2, -0.15) is 0 Å². The lowest BCUT2D eigenvalue weighted by Gasteiger charge is -2.06. The highest BCUT2D eigenvalue weighted by Gasteiger charge is 2.01. The van der Waals surface area contributed by atoms with Crippen LogP contribution in [0.25, 0.3) is 10.9 Å². The third-order valence-corrected chi connectivity index (χ3v) is 3.34. The van der Waals surface area contributed by atoms with Crippen LogP contribution in [0.1, 0.15) is 26.3 Å². The van der Waals surface area contributed by atoms with Crippen LogP contribution >= 0.6 is 11.6 Å². The zero-order valence-electron chi connectivity index (χ0n) is 15.2. The molecule has 0 spiro atoms. The van der Waals surface area contributed by atoms with Crippen LogP contribution in [0.5, 0.6) is 5.75 Å². The highest BCUT2D eigenvalue weighted by molar-refractivity contribution is 6.64. The predicted molar refractivity (Wildman–Crippen MR) is 110 cm³/mol. The lowest BCUT2D eigenvalue weighted by Crippen LogP contribution is -1.94. The van der Waals surface area contributed by atoms with Crippen LogP contribution in [0.3, 0.4) is 0 Å². The van der Waals surface area contributed by atoms with E-state index in [9.17, 15) is 0 Å². The van der Waals surface area contributed by atoms with Crippen molar-refractivity contribution in [1.82, 2.24) is 4.98 Å². The topological polar surface area (TPSA) is 63.4 Å². The van der Waals surface area contributed by atoms with E-state index in [0.29, 0.717) is 17.6 Å². The van der Waals surface area contributed by atoms with Crippen molar-refractivity contribution in [1.29, 1.82) is 0 Å². The van der Waals surface area contributed by atoms with Crippen molar-refractivity contribution in [3.63, 3.8) is 0 Å². The average Bonchev–Trinajstić information content (AvgIpc) is 3.02. The van der Waals surface area contributed by atoms with Gasteiger partial charge in [-0.1, -0.05) is 55.8 Å². The highest BCUT2D eigenvalue weighted by atomic mass is 35.5. The molecule has 0 aliphatic carbocycles. The van der Waals surface area contributed by atoms with Gasteiger partial charge < -0.3 is 15.5 Å². The van der Waals surface area contributed by atoms with Crippen LogP contribution in [-0.2, 0) is 6.61 Å². The Morgan fingerprint density at radius 3 is 2.36 bits per heavy atom. The first kappa shape index (κ1) is 20.6. The van der Waals surface area contributed by atoms with Crippen LogP contribution in [0.15, 0.2) is 59.6 Å². The summed E-state index contributed by atoms with van der Waals surface area (Å²) in [6, 6.07) is 17.9. The molecule has 0 atom stereocenters. The van der Waals surface area contributed by atoms with Gasteiger partial charge in [0.05, 0.1) is 5.17 Å². The second-order valence-electron chi connectivity index (χ2n) is 4.97. The minimum Gasteiger partial charge on any atom is -0.489 e. The summed E-state index contributed by atoms with van der Waals surface area (Å²) < 4.78 is 5.75. The van der Waals surface area contributed by atoms with Crippen LogP contribution < -0.4 is 10.5 Å². The summed E-state index contributed by atoms with van der Waals surface area (Å²) >= 11 is 5.21. The van der Waals surface area contributed by atoms with Gasteiger partial charge >= 0.3 is 0 Å². The summed E-state index contributed by atoms with van der Waals surface area (Å²) in [5, 5.41) is 1.67. The molecule has 25 heavy (non-hydrogen) atoms. The number of anilines is 1. The number of benzene rings is 2. The molecule has 0 amide bonds. The van der Waals surface area contributed by atoms with E-state index in [-0.39, 0.29) is 0 Å². The molecule has 3 aromatic rings. The molecule has 0 unspecified atom stereocenters. The molecule has 5 heteroatoms. The van der Waals surface area contributed by atoms with E-state index in [4.69, 9.17) is 22.1 Å². The Bertz CT molecular complexity index is 778. The Morgan fingerprint density at radius 2 is 1.76 bits per heavy atom. The van der Waals surface area contributed by atoms with Crippen LogP contribution in [0.4, 0.5) is 5.82 Å². The number of hydrogen-bond acceptors (Lipinski definition) is 3. The molecule has 3 rings (SSSR count). The minimum absolute atomic E-state index is 0.576.